The van der Waals surface area contributed by atoms with Crippen LogP contribution in [0, 0.1) is 0 Å². The summed E-state index contributed by atoms with van der Waals surface area (Å²) in [5, 5.41) is 8.61. The maximum Gasteiger partial charge on any atom is 0.327 e. The van der Waals surface area contributed by atoms with E-state index in [4.69, 9.17) is 44.5 Å². The standard InChI is InChI=1S/2C13H17ClN4O2.C12H14ClN3O2/c2*1-4-8(5-2)18-11-9(6-16-20-3)10(14)7-15-12(11)17-13(18)19;1-3-7(4-2)16-10-8(6-17)9(13)5-14-11(10)15-12(16)18/h2*6-8H,4-5H2,1-3H3,(H,15,17,19);5-7H,3-4H2,1-2H3,(H,14,15,18)/b16-6-;;. The van der Waals surface area contributed by atoms with E-state index < -0.39 is 0 Å². The van der Waals surface area contributed by atoms with Gasteiger partial charge >= 0.3 is 17.1 Å². The van der Waals surface area contributed by atoms with E-state index in [1.807, 2.05) is 41.5 Å². The lowest BCUT2D eigenvalue weighted by Gasteiger charge is -2.15. The molecule has 0 saturated heterocycles. The normalized spacial score (nSPS) is 11.7. The second kappa shape index (κ2) is 20.9. The number of imidazole rings is 3. The quantitative estimate of drug-likeness (QED) is 0.0549. The van der Waals surface area contributed by atoms with Gasteiger partial charge in [-0.2, -0.15) is 0 Å². The maximum absolute atomic E-state index is 12.2. The number of H-pyrrole nitrogens is 3. The molecule has 0 spiro atoms. The monoisotopic (exact) mass is 859 g/mol. The molecule has 6 heterocycles. The SMILES string of the molecule is CCC(CC)n1c(=O)[nH]c2ncc(Cl)c(/C=N\OC)c21.CCC(CC)n1c(=O)[nH]c2ncc(Cl)c(C=NOC)c21.CCC(CC)n1c(=O)[nH]c2ncc(Cl)c(C=O)c21. The summed E-state index contributed by atoms with van der Waals surface area (Å²) in [5.74, 6) is 0. The van der Waals surface area contributed by atoms with Gasteiger partial charge in [-0.15, -0.1) is 0 Å². The number of aldehydes is 1. The van der Waals surface area contributed by atoms with Crippen LogP contribution in [0.2, 0.25) is 15.1 Å². The summed E-state index contributed by atoms with van der Waals surface area (Å²) in [6.07, 6.45) is 13.0. The fourth-order valence-corrected chi connectivity index (χ4v) is 7.41. The average Bonchev–Trinajstić information content (AvgIpc) is 3.85. The van der Waals surface area contributed by atoms with Crippen molar-refractivity contribution in [1.82, 2.24) is 43.6 Å². The lowest BCUT2D eigenvalue weighted by molar-refractivity contribution is 0.112. The fraction of sp³-hybridized carbons (Fsp3) is 0.447. The summed E-state index contributed by atoms with van der Waals surface area (Å²) in [6, 6.07) is 0.211. The molecular formula is C38H48Cl3N11O6. The topological polar surface area (TPSA) is 212 Å². The van der Waals surface area contributed by atoms with Crippen molar-refractivity contribution in [2.24, 2.45) is 10.3 Å². The molecule has 0 aliphatic heterocycles. The number of rotatable bonds is 14. The Morgan fingerprint density at radius 2 is 0.845 bits per heavy atom. The zero-order chi connectivity index (χ0) is 42.7. The first kappa shape index (κ1) is 45.4. The second-order valence-electron chi connectivity index (χ2n) is 12.9. The van der Waals surface area contributed by atoms with Crippen molar-refractivity contribution in [3.05, 3.63) is 81.8 Å². The lowest BCUT2D eigenvalue weighted by Crippen LogP contribution is -2.22. The van der Waals surface area contributed by atoms with E-state index in [2.05, 4.69) is 40.2 Å². The van der Waals surface area contributed by atoms with Crippen LogP contribution in [-0.2, 0) is 9.68 Å². The number of aromatic amines is 3. The minimum absolute atomic E-state index is 0.0326. The van der Waals surface area contributed by atoms with E-state index in [-0.39, 0.29) is 40.2 Å². The number of halogens is 3. The summed E-state index contributed by atoms with van der Waals surface area (Å²) in [5.41, 5.74) is 4.18. The fourth-order valence-electron chi connectivity index (χ4n) is 6.85. The highest BCUT2D eigenvalue weighted by molar-refractivity contribution is 6.35. The number of carbonyl (C=O) groups excluding carboxylic acids is 1. The third kappa shape index (κ3) is 9.37. The zero-order valence-corrected chi connectivity index (χ0v) is 35.9. The summed E-state index contributed by atoms with van der Waals surface area (Å²) < 4.78 is 4.98. The third-order valence-electron chi connectivity index (χ3n) is 9.80. The Morgan fingerprint density at radius 1 is 0.569 bits per heavy atom. The van der Waals surface area contributed by atoms with Gasteiger partial charge in [-0.25, -0.2) is 29.3 Å². The highest BCUT2D eigenvalue weighted by Gasteiger charge is 2.22. The molecule has 0 bridgehead atoms. The van der Waals surface area contributed by atoms with Gasteiger partial charge < -0.3 is 9.68 Å². The molecule has 6 aromatic heterocycles. The van der Waals surface area contributed by atoms with Crippen LogP contribution in [-0.4, -0.2) is 76.5 Å². The number of hydrogen-bond donors (Lipinski definition) is 3. The maximum atomic E-state index is 12.2. The number of oxime groups is 2. The highest BCUT2D eigenvalue weighted by Crippen LogP contribution is 2.28. The van der Waals surface area contributed by atoms with E-state index in [0.29, 0.717) is 66.5 Å². The molecule has 0 aliphatic carbocycles. The third-order valence-corrected chi connectivity index (χ3v) is 10.7. The number of carbonyl (C=O) groups is 1. The molecular weight excluding hydrogens is 813 g/mol. The van der Waals surface area contributed by atoms with Crippen molar-refractivity contribution >= 4 is 87.0 Å². The first-order chi connectivity index (χ1) is 27.9. The van der Waals surface area contributed by atoms with Gasteiger partial charge in [-0.3, -0.25) is 33.4 Å². The molecule has 312 valence electrons. The van der Waals surface area contributed by atoms with Crippen LogP contribution in [0.5, 0.6) is 0 Å². The van der Waals surface area contributed by atoms with Gasteiger partial charge in [-0.05, 0) is 38.5 Å². The summed E-state index contributed by atoms with van der Waals surface area (Å²) >= 11 is 18.3. The Hall–Kier alpha value is -5.26. The lowest BCUT2D eigenvalue weighted by atomic mass is 10.1. The Kier molecular flexibility index (Phi) is 16.4. The van der Waals surface area contributed by atoms with Crippen molar-refractivity contribution in [1.29, 1.82) is 0 Å². The molecule has 0 aromatic carbocycles. The molecule has 17 nitrogen and oxygen atoms in total. The molecule has 0 atom stereocenters. The van der Waals surface area contributed by atoms with Gasteiger partial charge in [-0.1, -0.05) is 86.7 Å². The van der Waals surface area contributed by atoms with Gasteiger partial charge in [0.1, 0.15) is 19.7 Å². The summed E-state index contributed by atoms with van der Waals surface area (Å²) in [7, 11) is 2.90. The van der Waals surface area contributed by atoms with Crippen molar-refractivity contribution in [2.75, 3.05) is 14.2 Å². The molecule has 58 heavy (non-hydrogen) atoms. The van der Waals surface area contributed by atoms with Crippen molar-refractivity contribution in [3.8, 4) is 0 Å². The van der Waals surface area contributed by atoms with Gasteiger partial charge in [0.15, 0.2) is 23.2 Å². The smallest absolute Gasteiger partial charge is 0.327 e. The molecule has 0 aliphatic rings. The van der Waals surface area contributed by atoms with E-state index in [0.717, 1.165) is 38.5 Å². The van der Waals surface area contributed by atoms with E-state index >= 15 is 0 Å². The molecule has 0 saturated carbocycles. The second-order valence-corrected chi connectivity index (χ2v) is 14.1. The molecule has 3 N–H and O–H groups in total. The van der Waals surface area contributed by atoms with Crippen LogP contribution in [0.25, 0.3) is 33.5 Å². The molecule has 6 rings (SSSR count). The number of pyridine rings is 3. The molecule has 0 unspecified atom stereocenters. The predicted octanol–water partition coefficient (Wildman–Crippen LogP) is 7.99. The highest BCUT2D eigenvalue weighted by atomic mass is 35.5. The van der Waals surface area contributed by atoms with Crippen molar-refractivity contribution in [3.63, 3.8) is 0 Å². The predicted molar refractivity (Wildman–Crippen MR) is 230 cm³/mol. The summed E-state index contributed by atoms with van der Waals surface area (Å²) in [4.78, 5) is 77.5. The van der Waals surface area contributed by atoms with Crippen LogP contribution in [0.4, 0.5) is 0 Å². The van der Waals surface area contributed by atoms with Crippen LogP contribution in [0.15, 0.2) is 43.3 Å². The Morgan fingerprint density at radius 3 is 1.10 bits per heavy atom. The molecule has 0 radical (unpaired) electrons. The molecule has 0 fully saturated rings. The first-order valence-corrected chi connectivity index (χ1v) is 20.0. The van der Waals surface area contributed by atoms with Gasteiger partial charge in [0, 0.05) is 47.8 Å². The van der Waals surface area contributed by atoms with Gasteiger partial charge in [0.25, 0.3) is 0 Å². The Labute approximate surface area is 348 Å². The number of nitrogens with zero attached hydrogens (tertiary/aromatic N) is 8. The van der Waals surface area contributed by atoms with Crippen LogP contribution >= 0.6 is 34.8 Å². The van der Waals surface area contributed by atoms with Gasteiger partial charge in [0.2, 0.25) is 0 Å². The Balaban J connectivity index is 0.000000193. The molecule has 20 heteroatoms. The number of hydrogen-bond acceptors (Lipinski definition) is 11. The number of fused-ring (bicyclic) bond motifs is 3. The minimum atomic E-state index is -0.253. The van der Waals surface area contributed by atoms with Crippen LogP contribution in [0.1, 0.15) is 120 Å². The summed E-state index contributed by atoms with van der Waals surface area (Å²) in [6.45, 7) is 12.2. The van der Waals surface area contributed by atoms with Gasteiger partial charge in [0.05, 0.1) is 44.1 Å². The first-order valence-electron chi connectivity index (χ1n) is 18.8. The van der Waals surface area contributed by atoms with E-state index in [9.17, 15) is 19.2 Å². The number of aromatic nitrogens is 9. The van der Waals surface area contributed by atoms with E-state index in [1.165, 1.54) is 45.2 Å². The minimum Gasteiger partial charge on any atom is -0.399 e. The largest absolute Gasteiger partial charge is 0.399 e. The van der Waals surface area contributed by atoms with Crippen LogP contribution in [0.3, 0.4) is 0 Å². The average molecular weight is 861 g/mol. The van der Waals surface area contributed by atoms with Crippen LogP contribution < -0.4 is 17.1 Å². The Bertz CT molecular complexity index is 2450. The van der Waals surface area contributed by atoms with Crippen molar-refractivity contribution < 1.29 is 14.5 Å². The van der Waals surface area contributed by atoms with E-state index in [1.54, 1.807) is 13.7 Å². The zero-order valence-electron chi connectivity index (χ0n) is 33.6. The number of nitrogens with one attached hydrogen (secondary N) is 3. The van der Waals surface area contributed by atoms with Crippen molar-refractivity contribution in [2.45, 2.75) is 98.2 Å². The molecule has 6 aromatic rings. The molecule has 0 amide bonds.